The van der Waals surface area contributed by atoms with Gasteiger partial charge in [0.25, 0.3) is 5.16 Å². The van der Waals surface area contributed by atoms with Gasteiger partial charge in [0.05, 0.1) is 4.90 Å². The molecule has 24 heavy (non-hydrogen) atoms. The molecule has 0 aliphatic heterocycles. The molecule has 1 N–H and O–H groups in total. The van der Waals surface area contributed by atoms with Crippen LogP contribution in [0.25, 0.3) is 0 Å². The molecule has 1 heterocycles. The molecule has 130 valence electrons. The van der Waals surface area contributed by atoms with E-state index in [2.05, 4.69) is 15.4 Å². The van der Waals surface area contributed by atoms with E-state index in [-0.39, 0.29) is 10.1 Å². The highest BCUT2D eigenvalue weighted by Crippen LogP contribution is 2.26. The summed E-state index contributed by atoms with van der Waals surface area (Å²) in [7, 11) is -3.90. The zero-order chi connectivity index (χ0) is 18.1. The molecule has 0 radical (unpaired) electrons. The zero-order valence-corrected chi connectivity index (χ0v) is 15.4. The van der Waals surface area contributed by atoms with E-state index in [0.717, 1.165) is 10.2 Å². The van der Waals surface area contributed by atoms with Crippen molar-refractivity contribution in [2.45, 2.75) is 51.1 Å². The lowest BCUT2D eigenvalue weighted by Gasteiger charge is -2.09. The number of hydrogen-bond acceptors (Lipinski definition) is 5. The van der Waals surface area contributed by atoms with E-state index in [1.807, 2.05) is 6.92 Å². The lowest BCUT2D eigenvalue weighted by atomic mass is 10.1. The van der Waals surface area contributed by atoms with Crippen molar-refractivity contribution in [3.05, 3.63) is 34.6 Å². The van der Waals surface area contributed by atoms with Crippen LogP contribution in [0.2, 0.25) is 0 Å². The van der Waals surface area contributed by atoms with Gasteiger partial charge in [0.2, 0.25) is 9.84 Å². The van der Waals surface area contributed by atoms with E-state index in [4.69, 9.17) is 0 Å². The van der Waals surface area contributed by atoms with Gasteiger partial charge in [0.1, 0.15) is 5.82 Å². The third kappa shape index (κ3) is 3.19. The number of carbonyl (C=O) groups excluding carboxylic acids is 1. The number of nitrogens with one attached hydrogen (secondary N) is 1. The molecule has 0 aliphatic carbocycles. The minimum absolute atomic E-state index is 0.198. The monoisotopic (exact) mass is 350 g/mol. The summed E-state index contributed by atoms with van der Waals surface area (Å²) in [4.78, 5) is 16.3. The highest BCUT2D eigenvalue weighted by Gasteiger charge is 2.29. The van der Waals surface area contributed by atoms with Gasteiger partial charge in [-0.2, -0.15) is 4.68 Å². The van der Waals surface area contributed by atoms with E-state index in [1.165, 1.54) is 0 Å². The molecule has 0 fully saturated rings. The van der Waals surface area contributed by atoms with Gasteiger partial charge in [0, 0.05) is 13.0 Å². The zero-order valence-electron chi connectivity index (χ0n) is 14.5. The van der Waals surface area contributed by atoms with Crippen LogP contribution in [0, 0.1) is 20.8 Å². The summed E-state index contributed by atoms with van der Waals surface area (Å²) in [6.45, 7) is 9.38. The smallest absolute Gasteiger partial charge is 0.336 e. The predicted molar refractivity (Wildman–Crippen MR) is 90.0 cm³/mol. The fraction of sp³-hybridized carbons (Fsp3) is 0.438. The van der Waals surface area contributed by atoms with Gasteiger partial charge in [0.15, 0.2) is 0 Å². The first-order valence-corrected chi connectivity index (χ1v) is 9.27. The van der Waals surface area contributed by atoms with Crippen molar-refractivity contribution >= 4 is 15.9 Å². The average molecular weight is 350 g/mol. The van der Waals surface area contributed by atoms with Crippen molar-refractivity contribution in [2.75, 3.05) is 6.54 Å². The Morgan fingerprint density at radius 3 is 2.25 bits per heavy atom. The molecule has 0 saturated carbocycles. The second-order valence-corrected chi connectivity index (χ2v) is 7.42. The Morgan fingerprint density at radius 1 is 1.17 bits per heavy atom. The Morgan fingerprint density at radius 2 is 1.75 bits per heavy atom. The van der Waals surface area contributed by atoms with Crippen LogP contribution in [0.15, 0.2) is 22.2 Å². The summed E-state index contributed by atoms with van der Waals surface area (Å²) in [6.07, 6.45) is 0.394. The SMILES string of the molecule is CCNC(=O)n1nc(S(=O)(=O)c2c(C)cc(C)cc2C)nc1CC. The van der Waals surface area contributed by atoms with Crippen LogP contribution in [-0.2, 0) is 16.3 Å². The van der Waals surface area contributed by atoms with E-state index in [1.54, 1.807) is 39.8 Å². The third-order valence-corrected chi connectivity index (χ3v) is 5.44. The number of benzene rings is 1. The molecular weight excluding hydrogens is 328 g/mol. The normalized spacial score (nSPS) is 11.5. The van der Waals surface area contributed by atoms with Crippen molar-refractivity contribution in [2.24, 2.45) is 0 Å². The molecule has 0 spiro atoms. The first kappa shape index (κ1) is 18.1. The van der Waals surface area contributed by atoms with Crippen molar-refractivity contribution in [3.8, 4) is 0 Å². The third-order valence-electron chi connectivity index (χ3n) is 3.61. The van der Waals surface area contributed by atoms with E-state index < -0.39 is 15.9 Å². The van der Waals surface area contributed by atoms with E-state index in [0.29, 0.717) is 29.9 Å². The van der Waals surface area contributed by atoms with Gasteiger partial charge in [-0.15, -0.1) is 5.10 Å². The maximum Gasteiger partial charge on any atom is 0.343 e. The number of nitrogens with zero attached hydrogens (tertiary/aromatic N) is 3. The summed E-state index contributed by atoms with van der Waals surface area (Å²) < 4.78 is 27.0. The minimum atomic E-state index is -3.90. The molecule has 2 rings (SSSR count). The van der Waals surface area contributed by atoms with Gasteiger partial charge in [-0.05, 0) is 38.8 Å². The van der Waals surface area contributed by atoms with Gasteiger partial charge in [-0.25, -0.2) is 18.2 Å². The number of rotatable bonds is 4. The summed E-state index contributed by atoms with van der Waals surface area (Å²) in [5.41, 5.74) is 2.26. The number of amides is 1. The Hall–Kier alpha value is -2.22. The molecular formula is C16H22N4O3S. The first-order valence-electron chi connectivity index (χ1n) is 7.79. The summed E-state index contributed by atoms with van der Waals surface area (Å²) in [5, 5.41) is 6.21. The molecule has 0 bridgehead atoms. The fourth-order valence-corrected chi connectivity index (χ4v) is 4.30. The van der Waals surface area contributed by atoms with Gasteiger partial charge < -0.3 is 5.32 Å². The Kier molecular flexibility index (Phi) is 5.08. The van der Waals surface area contributed by atoms with E-state index in [9.17, 15) is 13.2 Å². The van der Waals surface area contributed by atoms with E-state index >= 15 is 0 Å². The summed E-state index contributed by atoms with van der Waals surface area (Å²) in [6, 6.07) is 3.13. The van der Waals surface area contributed by atoms with Gasteiger partial charge in [-0.1, -0.05) is 24.6 Å². The predicted octanol–water partition coefficient (Wildman–Crippen LogP) is 2.18. The van der Waals surface area contributed by atoms with Gasteiger partial charge >= 0.3 is 6.03 Å². The molecule has 0 aliphatic rings. The lowest BCUT2D eigenvalue weighted by molar-refractivity contribution is 0.239. The van der Waals surface area contributed by atoms with Crippen LogP contribution < -0.4 is 5.32 Å². The standard InChI is InChI=1S/C16H22N4O3S/c1-6-13-18-15(19-20(13)16(21)17-7-2)24(22,23)14-11(4)8-10(3)9-12(14)5/h8-9H,6-7H2,1-5H3,(H,17,21). The number of carbonyl (C=O) groups is 1. The Balaban J connectivity index is 2.61. The topological polar surface area (TPSA) is 94.0 Å². The number of aromatic nitrogens is 3. The Labute approximate surface area is 142 Å². The number of sulfone groups is 1. The lowest BCUT2D eigenvalue weighted by Crippen LogP contribution is -2.30. The van der Waals surface area contributed by atoms with Crippen LogP contribution in [0.4, 0.5) is 4.79 Å². The molecule has 8 heteroatoms. The molecule has 0 unspecified atom stereocenters. The second kappa shape index (κ2) is 6.72. The molecule has 1 aromatic heterocycles. The van der Waals surface area contributed by atoms with Crippen LogP contribution >= 0.6 is 0 Å². The molecule has 0 atom stereocenters. The van der Waals surface area contributed by atoms with Crippen molar-refractivity contribution in [1.82, 2.24) is 20.1 Å². The largest absolute Gasteiger partial charge is 0.343 e. The van der Waals surface area contributed by atoms with Crippen molar-refractivity contribution < 1.29 is 13.2 Å². The summed E-state index contributed by atoms with van der Waals surface area (Å²) >= 11 is 0. The molecule has 1 amide bonds. The minimum Gasteiger partial charge on any atom is -0.336 e. The quantitative estimate of drug-likeness (QED) is 0.912. The average Bonchev–Trinajstić information content (AvgIpc) is 2.91. The second-order valence-electron chi connectivity index (χ2n) is 5.64. The van der Waals surface area contributed by atoms with Crippen molar-refractivity contribution in [3.63, 3.8) is 0 Å². The fourth-order valence-electron chi connectivity index (χ4n) is 2.74. The van der Waals surface area contributed by atoms with Crippen LogP contribution in [0.3, 0.4) is 0 Å². The highest BCUT2D eigenvalue weighted by atomic mass is 32.2. The molecule has 2 aromatic rings. The number of aryl methyl sites for hydroxylation is 4. The first-order chi connectivity index (χ1) is 11.2. The summed E-state index contributed by atoms with van der Waals surface area (Å²) in [5.74, 6) is 0.307. The maximum absolute atomic E-state index is 13.0. The van der Waals surface area contributed by atoms with Gasteiger partial charge in [-0.3, -0.25) is 0 Å². The highest BCUT2D eigenvalue weighted by molar-refractivity contribution is 7.91. The Bertz CT molecular complexity index is 862. The van der Waals surface area contributed by atoms with Crippen LogP contribution in [0.5, 0.6) is 0 Å². The maximum atomic E-state index is 13.0. The van der Waals surface area contributed by atoms with Crippen LogP contribution in [-0.4, -0.2) is 35.8 Å². The molecule has 7 nitrogen and oxygen atoms in total. The molecule has 1 aromatic carbocycles. The number of hydrogen-bond donors (Lipinski definition) is 1. The molecule has 0 saturated heterocycles. The van der Waals surface area contributed by atoms with Crippen LogP contribution in [0.1, 0.15) is 36.4 Å². The van der Waals surface area contributed by atoms with Crippen molar-refractivity contribution in [1.29, 1.82) is 0 Å².